The molecule has 0 radical (unpaired) electrons. The third-order valence-corrected chi connectivity index (χ3v) is 3.91. The van der Waals surface area contributed by atoms with E-state index >= 15 is 0 Å². The predicted molar refractivity (Wildman–Crippen MR) is 99.6 cm³/mol. The van der Waals surface area contributed by atoms with Crippen LogP contribution in [0.5, 0.6) is 11.5 Å². The van der Waals surface area contributed by atoms with E-state index in [2.05, 4.69) is 36.5 Å². The Bertz CT molecular complexity index is 749. The summed E-state index contributed by atoms with van der Waals surface area (Å²) in [4.78, 5) is 22.6. The lowest BCUT2D eigenvalue weighted by molar-refractivity contribution is 0.135. The summed E-state index contributed by atoms with van der Waals surface area (Å²) in [6.07, 6.45) is 0.319. The van der Waals surface area contributed by atoms with E-state index in [1.165, 1.54) is 0 Å². The number of ether oxygens (including phenoxy) is 4. The van der Waals surface area contributed by atoms with Crippen molar-refractivity contribution in [1.82, 2.24) is 0 Å². The first kappa shape index (κ1) is 19.8. The van der Waals surface area contributed by atoms with Crippen molar-refractivity contribution in [3.8, 4) is 11.5 Å². The summed E-state index contributed by atoms with van der Waals surface area (Å²) in [7, 11) is 0. The molecule has 0 heterocycles. The van der Waals surface area contributed by atoms with Gasteiger partial charge in [-0.05, 0) is 35.4 Å². The van der Waals surface area contributed by atoms with Crippen molar-refractivity contribution in [1.29, 1.82) is 0 Å². The molecule has 0 aliphatic rings. The van der Waals surface area contributed by atoms with Gasteiger partial charge in [-0.15, -0.1) is 0 Å². The number of hydrogen-bond donors (Lipinski definition) is 0. The molecule has 2 aromatic rings. The Morgan fingerprint density at radius 1 is 0.741 bits per heavy atom. The van der Waals surface area contributed by atoms with Crippen molar-refractivity contribution in [2.24, 2.45) is 0 Å². The van der Waals surface area contributed by atoms with Gasteiger partial charge in [0.25, 0.3) is 0 Å². The molecule has 0 aliphatic carbocycles. The van der Waals surface area contributed by atoms with Crippen molar-refractivity contribution in [2.75, 3.05) is 0 Å². The molecule has 2 aromatic carbocycles. The van der Waals surface area contributed by atoms with E-state index in [9.17, 15) is 9.59 Å². The fourth-order valence-corrected chi connectivity index (χ4v) is 2.42. The van der Waals surface area contributed by atoms with Crippen LogP contribution in [0.2, 0.25) is 0 Å². The molecule has 2 rings (SSSR count). The van der Waals surface area contributed by atoms with Crippen molar-refractivity contribution >= 4 is 12.3 Å². The fraction of sp³-hybridized carbons (Fsp3) is 0.143. The van der Waals surface area contributed by atoms with Gasteiger partial charge in [0, 0.05) is 5.41 Å². The monoisotopic (exact) mass is 368 g/mol. The third-order valence-electron chi connectivity index (χ3n) is 3.91. The third kappa shape index (κ3) is 5.22. The quantitative estimate of drug-likeness (QED) is 0.390. The van der Waals surface area contributed by atoms with Gasteiger partial charge in [0.15, 0.2) is 0 Å². The Hall–Kier alpha value is -3.54. The summed E-state index contributed by atoms with van der Waals surface area (Å²) in [5.74, 6) is 0.733. The minimum Gasteiger partial charge on any atom is -0.403 e. The summed E-state index contributed by atoms with van der Waals surface area (Å²) in [5, 5.41) is 0. The first-order valence-corrected chi connectivity index (χ1v) is 8.06. The molecule has 0 N–H and O–H groups in total. The van der Waals surface area contributed by atoms with Crippen molar-refractivity contribution in [2.45, 2.75) is 19.3 Å². The molecular weight excluding hydrogens is 348 g/mol. The SMILES string of the molecule is C=COC(=O)Oc1ccc(C(C)(C)c2ccc(OC(=O)OC=C)cc2)cc1. The van der Waals surface area contributed by atoms with Gasteiger partial charge in [0.1, 0.15) is 11.5 Å². The lowest BCUT2D eigenvalue weighted by Crippen LogP contribution is -2.19. The maximum atomic E-state index is 11.3. The Kier molecular flexibility index (Phi) is 6.38. The highest BCUT2D eigenvalue weighted by molar-refractivity contribution is 5.65. The first-order valence-electron chi connectivity index (χ1n) is 8.06. The van der Waals surface area contributed by atoms with Crippen LogP contribution in [0.15, 0.2) is 74.2 Å². The molecular formula is C21H20O6. The van der Waals surface area contributed by atoms with Crippen molar-refractivity contribution in [3.05, 3.63) is 85.3 Å². The van der Waals surface area contributed by atoms with Gasteiger partial charge in [-0.25, -0.2) is 9.59 Å². The van der Waals surface area contributed by atoms with E-state index in [4.69, 9.17) is 9.47 Å². The first-order chi connectivity index (χ1) is 12.9. The van der Waals surface area contributed by atoms with Gasteiger partial charge in [-0.1, -0.05) is 51.3 Å². The van der Waals surface area contributed by atoms with Gasteiger partial charge < -0.3 is 18.9 Å². The second-order valence-corrected chi connectivity index (χ2v) is 5.95. The molecule has 0 unspecified atom stereocenters. The van der Waals surface area contributed by atoms with Crippen LogP contribution in [0.4, 0.5) is 9.59 Å². The molecule has 0 bridgehead atoms. The van der Waals surface area contributed by atoms with Gasteiger partial charge in [-0.2, -0.15) is 0 Å². The average Bonchev–Trinajstić information content (AvgIpc) is 2.63. The van der Waals surface area contributed by atoms with Gasteiger partial charge in [-0.3, -0.25) is 0 Å². The smallest absolute Gasteiger partial charge is 0.403 e. The topological polar surface area (TPSA) is 71.1 Å². The van der Waals surface area contributed by atoms with E-state index in [0.717, 1.165) is 23.7 Å². The highest BCUT2D eigenvalue weighted by atomic mass is 16.7. The number of carbonyl (C=O) groups excluding carboxylic acids is 2. The zero-order valence-corrected chi connectivity index (χ0v) is 15.1. The van der Waals surface area contributed by atoms with Gasteiger partial charge >= 0.3 is 12.3 Å². The molecule has 0 amide bonds. The van der Waals surface area contributed by atoms with Crippen LogP contribution in [0.3, 0.4) is 0 Å². The minimum absolute atomic E-state index is 0.333. The molecule has 0 fully saturated rings. The molecule has 6 heteroatoms. The Morgan fingerprint density at radius 2 is 1.07 bits per heavy atom. The molecule has 0 saturated heterocycles. The number of hydrogen-bond acceptors (Lipinski definition) is 6. The predicted octanol–water partition coefficient (Wildman–Crippen LogP) is 5.33. The molecule has 0 aromatic heterocycles. The Balaban J connectivity index is 2.12. The zero-order chi connectivity index (χ0) is 19.9. The van der Waals surface area contributed by atoms with Crippen LogP contribution in [-0.4, -0.2) is 12.3 Å². The number of carbonyl (C=O) groups is 2. The van der Waals surface area contributed by atoms with E-state index in [0.29, 0.717) is 11.5 Å². The second kappa shape index (κ2) is 8.71. The second-order valence-electron chi connectivity index (χ2n) is 5.95. The summed E-state index contributed by atoms with van der Waals surface area (Å²) in [5.41, 5.74) is 1.68. The molecule has 0 saturated carbocycles. The maximum absolute atomic E-state index is 11.3. The highest BCUT2D eigenvalue weighted by Crippen LogP contribution is 2.33. The van der Waals surface area contributed by atoms with Crippen molar-refractivity contribution < 1.29 is 28.5 Å². The van der Waals surface area contributed by atoms with Crippen LogP contribution in [0, 0.1) is 0 Å². The standard InChI is InChI=1S/C21H20O6/c1-5-24-19(22)26-17-11-7-15(8-12-17)21(3,4)16-9-13-18(14-10-16)27-20(23)25-6-2/h5-14H,1-2H2,3-4H3. The zero-order valence-electron chi connectivity index (χ0n) is 15.1. The summed E-state index contributed by atoms with van der Waals surface area (Å²) in [6.45, 7) is 10.7. The normalized spacial score (nSPS) is 10.4. The maximum Gasteiger partial charge on any atom is 0.518 e. The van der Waals surface area contributed by atoms with E-state index in [1.54, 1.807) is 24.3 Å². The van der Waals surface area contributed by atoms with E-state index in [1.807, 2.05) is 24.3 Å². The summed E-state index contributed by atoms with van der Waals surface area (Å²) in [6, 6.07) is 14.2. The van der Waals surface area contributed by atoms with Crippen molar-refractivity contribution in [3.63, 3.8) is 0 Å². The molecule has 140 valence electrons. The van der Waals surface area contributed by atoms with Gasteiger partial charge in [0.2, 0.25) is 0 Å². The van der Waals surface area contributed by atoms with E-state index in [-0.39, 0.29) is 5.41 Å². The summed E-state index contributed by atoms with van der Waals surface area (Å²) >= 11 is 0. The van der Waals surface area contributed by atoms with Crippen LogP contribution >= 0.6 is 0 Å². The lowest BCUT2D eigenvalue weighted by atomic mass is 9.78. The Morgan fingerprint density at radius 3 is 1.37 bits per heavy atom. The van der Waals surface area contributed by atoms with E-state index < -0.39 is 12.3 Å². The molecule has 27 heavy (non-hydrogen) atoms. The van der Waals surface area contributed by atoms with Crippen LogP contribution < -0.4 is 9.47 Å². The molecule has 0 aliphatic heterocycles. The van der Waals surface area contributed by atoms with Gasteiger partial charge in [0.05, 0.1) is 12.5 Å². The van der Waals surface area contributed by atoms with Crippen LogP contribution in [0.25, 0.3) is 0 Å². The number of rotatable bonds is 6. The minimum atomic E-state index is -0.845. The molecule has 6 nitrogen and oxygen atoms in total. The van der Waals surface area contributed by atoms with Crippen LogP contribution in [0.1, 0.15) is 25.0 Å². The summed E-state index contributed by atoms with van der Waals surface area (Å²) < 4.78 is 19.0. The lowest BCUT2D eigenvalue weighted by Gasteiger charge is -2.26. The Labute approximate surface area is 157 Å². The molecule has 0 spiro atoms. The average molecular weight is 368 g/mol. The largest absolute Gasteiger partial charge is 0.518 e. The highest BCUT2D eigenvalue weighted by Gasteiger charge is 2.23. The van der Waals surface area contributed by atoms with Crippen LogP contribution in [-0.2, 0) is 14.9 Å². The fourth-order valence-electron chi connectivity index (χ4n) is 2.42. The molecule has 0 atom stereocenters. The number of benzene rings is 2.